The topological polar surface area (TPSA) is 126 Å². The molecule has 27 heavy (non-hydrogen) atoms. The number of nitrogens with one attached hydrogen (secondary N) is 1. The lowest BCUT2D eigenvalue weighted by Crippen LogP contribution is -2.29. The van der Waals surface area contributed by atoms with Crippen LogP contribution in [0.2, 0.25) is 0 Å². The molecule has 0 aliphatic carbocycles. The van der Waals surface area contributed by atoms with Crippen molar-refractivity contribution in [3.63, 3.8) is 0 Å². The zero-order chi connectivity index (χ0) is 19.6. The number of rotatable bonds is 5. The van der Waals surface area contributed by atoms with Crippen molar-refractivity contribution in [1.29, 1.82) is 5.26 Å². The van der Waals surface area contributed by atoms with Crippen molar-refractivity contribution in [2.45, 2.75) is 19.1 Å². The average Bonchev–Trinajstić information content (AvgIpc) is 3.08. The Morgan fingerprint density at radius 2 is 2.37 bits per heavy atom. The van der Waals surface area contributed by atoms with E-state index < -0.39 is 11.7 Å². The van der Waals surface area contributed by atoms with Gasteiger partial charge in [-0.1, -0.05) is 0 Å². The van der Waals surface area contributed by atoms with Crippen molar-refractivity contribution in [3.8, 4) is 6.07 Å². The van der Waals surface area contributed by atoms with E-state index in [1.807, 2.05) is 0 Å². The summed E-state index contributed by atoms with van der Waals surface area (Å²) in [6.07, 6.45) is 2.02. The minimum atomic E-state index is -0.714. The first kappa shape index (κ1) is 19.3. The maximum absolute atomic E-state index is 14.0. The first-order valence-corrected chi connectivity index (χ1v) is 8.96. The third kappa shape index (κ3) is 3.95. The molecule has 0 spiro atoms. The van der Waals surface area contributed by atoms with E-state index in [9.17, 15) is 19.6 Å². The Morgan fingerprint density at radius 1 is 1.59 bits per heavy atom. The fourth-order valence-corrected chi connectivity index (χ4v) is 3.29. The van der Waals surface area contributed by atoms with Gasteiger partial charge in [0.05, 0.1) is 35.7 Å². The lowest BCUT2D eigenvalue weighted by molar-refractivity contribution is 0.0342. The molecule has 0 bridgehead atoms. The first-order chi connectivity index (χ1) is 12.9. The van der Waals surface area contributed by atoms with E-state index in [0.29, 0.717) is 30.9 Å². The quantitative estimate of drug-likeness (QED) is 0.657. The van der Waals surface area contributed by atoms with Gasteiger partial charge >= 0.3 is 0 Å². The van der Waals surface area contributed by atoms with Crippen LogP contribution in [0.25, 0.3) is 0 Å². The number of aromatic nitrogens is 2. The number of aliphatic hydroxyl groups excluding tert-OH is 1. The monoisotopic (exact) mass is 437 g/mol. The number of hydrogen-bond donors (Lipinski definition) is 3. The highest BCUT2D eigenvalue weighted by Crippen LogP contribution is 2.30. The zero-order valence-corrected chi connectivity index (χ0v) is 15.7. The number of aliphatic hydroxyl groups is 1. The maximum atomic E-state index is 14.0. The number of nitrogens with two attached hydrogens (primary N) is 1. The number of hydrogen-bond acceptors (Lipinski definition) is 6. The van der Waals surface area contributed by atoms with Crippen molar-refractivity contribution in [1.82, 2.24) is 9.78 Å². The van der Waals surface area contributed by atoms with Gasteiger partial charge in [0.25, 0.3) is 5.91 Å². The van der Waals surface area contributed by atoms with Gasteiger partial charge in [0.1, 0.15) is 11.4 Å². The number of nitrogens with zero attached hydrogens (tertiary/aromatic N) is 3. The van der Waals surface area contributed by atoms with Crippen LogP contribution in [0.4, 0.5) is 15.9 Å². The molecule has 1 unspecified atom stereocenters. The van der Waals surface area contributed by atoms with E-state index in [4.69, 9.17) is 10.5 Å². The Balaban J connectivity index is 1.96. The van der Waals surface area contributed by atoms with Gasteiger partial charge < -0.3 is 20.9 Å². The molecule has 1 aliphatic heterocycles. The number of primary amides is 1. The molecule has 10 heteroatoms. The molecule has 142 valence electrons. The van der Waals surface area contributed by atoms with Crippen LogP contribution < -0.4 is 11.1 Å². The van der Waals surface area contributed by atoms with Crippen LogP contribution in [0.5, 0.6) is 0 Å². The number of amides is 1. The fourth-order valence-electron chi connectivity index (χ4n) is 2.94. The number of halogens is 2. The number of carbonyl (C=O) groups excluding carboxylic acids is 1. The molecular formula is C17H17BrFN5O3. The van der Waals surface area contributed by atoms with Crippen molar-refractivity contribution in [2.24, 2.45) is 11.7 Å². The molecule has 1 aliphatic rings. The second kappa shape index (κ2) is 8.04. The SMILES string of the molecule is N#C[C@H]1CCOCC1n1cc(C(N)=O)c(Nc2cc(F)c(Br)c(CO)c2)n1. The first-order valence-electron chi connectivity index (χ1n) is 8.16. The third-order valence-corrected chi connectivity index (χ3v) is 5.25. The predicted octanol–water partition coefficient (Wildman–Crippen LogP) is 2.22. The van der Waals surface area contributed by atoms with E-state index in [2.05, 4.69) is 32.4 Å². The van der Waals surface area contributed by atoms with Crippen molar-refractivity contribution < 1.29 is 19.0 Å². The molecule has 8 nitrogen and oxygen atoms in total. The molecule has 2 atom stereocenters. The van der Waals surface area contributed by atoms with Crippen molar-refractivity contribution >= 4 is 33.3 Å². The lowest BCUT2D eigenvalue weighted by atomic mass is 9.97. The molecule has 4 N–H and O–H groups in total. The smallest absolute Gasteiger partial charge is 0.254 e. The Morgan fingerprint density at radius 3 is 3.04 bits per heavy atom. The van der Waals surface area contributed by atoms with Gasteiger partial charge in [-0.25, -0.2) is 4.39 Å². The molecule has 2 aromatic rings. The van der Waals surface area contributed by atoms with Crippen LogP contribution in [0.15, 0.2) is 22.8 Å². The van der Waals surface area contributed by atoms with E-state index in [1.54, 1.807) is 0 Å². The zero-order valence-electron chi connectivity index (χ0n) is 14.2. The Bertz CT molecular complexity index is 911. The third-order valence-electron chi connectivity index (χ3n) is 4.37. The largest absolute Gasteiger partial charge is 0.392 e. The molecule has 1 fully saturated rings. The van der Waals surface area contributed by atoms with Crippen LogP contribution in [0.3, 0.4) is 0 Å². The normalized spacial score (nSPS) is 19.5. The van der Waals surface area contributed by atoms with Crippen LogP contribution in [0.1, 0.15) is 28.4 Å². The number of carbonyl (C=O) groups is 1. The van der Waals surface area contributed by atoms with Gasteiger partial charge in [-0.05, 0) is 40.0 Å². The highest BCUT2D eigenvalue weighted by atomic mass is 79.9. The van der Waals surface area contributed by atoms with E-state index in [1.165, 1.54) is 23.0 Å². The standard InChI is InChI=1S/C17H17BrFN5O3/c18-15-10(7-25)3-11(4-13(15)19)22-17-12(16(21)26)6-24(23-17)14-8-27-2-1-9(14)5-20/h3-4,6,9,14,25H,1-2,7-8H2,(H2,21,26)(H,22,23)/t9-,14?/m1/s1. The maximum Gasteiger partial charge on any atom is 0.254 e. The van der Waals surface area contributed by atoms with Gasteiger partial charge in [0.2, 0.25) is 0 Å². The van der Waals surface area contributed by atoms with Crippen LogP contribution >= 0.6 is 15.9 Å². The molecule has 2 heterocycles. The molecule has 3 rings (SSSR count). The second-order valence-electron chi connectivity index (χ2n) is 6.12. The minimum Gasteiger partial charge on any atom is -0.392 e. The van der Waals surface area contributed by atoms with Crippen LogP contribution in [0, 0.1) is 23.1 Å². The molecule has 1 aromatic heterocycles. The van der Waals surface area contributed by atoms with Crippen LogP contribution in [-0.4, -0.2) is 34.0 Å². The van der Waals surface area contributed by atoms with Gasteiger partial charge in [-0.2, -0.15) is 10.4 Å². The summed E-state index contributed by atoms with van der Waals surface area (Å²) in [5.74, 6) is -1.46. The second-order valence-corrected chi connectivity index (χ2v) is 6.91. The van der Waals surface area contributed by atoms with Gasteiger partial charge in [0, 0.05) is 18.5 Å². The summed E-state index contributed by atoms with van der Waals surface area (Å²) >= 11 is 3.07. The molecule has 0 radical (unpaired) electrons. The number of benzene rings is 1. The highest BCUT2D eigenvalue weighted by Gasteiger charge is 2.29. The van der Waals surface area contributed by atoms with E-state index in [-0.39, 0.29) is 34.4 Å². The van der Waals surface area contributed by atoms with Crippen molar-refractivity contribution in [2.75, 3.05) is 18.5 Å². The Labute approximate surface area is 162 Å². The fraction of sp³-hybridized carbons (Fsp3) is 0.353. The Kier molecular flexibility index (Phi) is 5.74. The molecule has 1 amide bonds. The summed E-state index contributed by atoms with van der Waals surface area (Å²) in [6.45, 7) is 0.415. The average molecular weight is 438 g/mol. The summed E-state index contributed by atoms with van der Waals surface area (Å²) < 4.78 is 21.1. The predicted molar refractivity (Wildman–Crippen MR) is 97.6 cm³/mol. The number of ether oxygens (including phenoxy) is 1. The molecule has 1 aromatic carbocycles. The lowest BCUT2D eigenvalue weighted by Gasteiger charge is -2.26. The molecular weight excluding hydrogens is 421 g/mol. The molecule has 1 saturated heterocycles. The van der Waals surface area contributed by atoms with Crippen LogP contribution in [-0.2, 0) is 11.3 Å². The van der Waals surface area contributed by atoms with E-state index >= 15 is 0 Å². The van der Waals surface area contributed by atoms with E-state index in [0.717, 1.165) is 0 Å². The van der Waals surface area contributed by atoms with Crippen molar-refractivity contribution in [3.05, 3.63) is 39.7 Å². The minimum absolute atomic E-state index is 0.103. The highest BCUT2D eigenvalue weighted by molar-refractivity contribution is 9.10. The Hall–Kier alpha value is -2.48. The summed E-state index contributed by atoms with van der Waals surface area (Å²) in [5.41, 5.74) is 6.17. The van der Waals surface area contributed by atoms with Gasteiger partial charge in [-0.15, -0.1) is 0 Å². The number of anilines is 2. The summed E-state index contributed by atoms with van der Waals surface area (Å²) in [5, 5.41) is 25.9. The number of nitriles is 1. The summed E-state index contributed by atoms with van der Waals surface area (Å²) in [4.78, 5) is 11.8. The van der Waals surface area contributed by atoms with Gasteiger partial charge in [0.15, 0.2) is 5.82 Å². The molecule has 0 saturated carbocycles. The summed E-state index contributed by atoms with van der Waals surface area (Å²) in [6, 6.07) is 4.60. The summed E-state index contributed by atoms with van der Waals surface area (Å²) in [7, 11) is 0. The van der Waals surface area contributed by atoms with Gasteiger partial charge in [-0.3, -0.25) is 9.48 Å².